The maximum atomic E-state index is 12.9. The van der Waals surface area contributed by atoms with Gasteiger partial charge in [-0.05, 0) is 54.4 Å². The molecule has 1 fully saturated rings. The number of imide groups is 1. The lowest BCUT2D eigenvalue weighted by molar-refractivity contribution is -0.121. The van der Waals surface area contributed by atoms with Crippen molar-refractivity contribution >= 4 is 39.7 Å². The number of carbonyl (C=O) groups excluding carboxylic acids is 3. The molecule has 0 radical (unpaired) electrons. The highest BCUT2D eigenvalue weighted by atomic mass is 32.1. The number of hydrogen-bond donors (Lipinski definition) is 1. The molecule has 2 aromatic carbocycles. The van der Waals surface area contributed by atoms with Crippen molar-refractivity contribution in [1.29, 1.82) is 5.26 Å². The van der Waals surface area contributed by atoms with E-state index in [1.807, 2.05) is 25.1 Å². The molecule has 0 atom stereocenters. The molecule has 2 aliphatic heterocycles. The van der Waals surface area contributed by atoms with Crippen LogP contribution in [0.5, 0.6) is 11.5 Å². The Morgan fingerprint density at radius 2 is 1.79 bits per heavy atom. The van der Waals surface area contributed by atoms with E-state index in [9.17, 15) is 19.6 Å². The molecule has 0 spiro atoms. The van der Waals surface area contributed by atoms with Crippen molar-refractivity contribution in [1.82, 2.24) is 0 Å². The Kier molecular flexibility index (Phi) is 5.51. The summed E-state index contributed by atoms with van der Waals surface area (Å²) in [6.45, 7) is 2.07. The average Bonchev–Trinajstić information content (AvgIpc) is 3.51. The molecule has 3 aromatic rings. The number of ether oxygens (including phenoxy) is 2. The van der Waals surface area contributed by atoms with Crippen LogP contribution in [-0.2, 0) is 16.0 Å². The minimum atomic E-state index is -0.377. The molecule has 1 N–H and O–H groups in total. The minimum absolute atomic E-state index is 0.199. The van der Waals surface area contributed by atoms with Gasteiger partial charge in [0.25, 0.3) is 5.91 Å². The van der Waals surface area contributed by atoms with Gasteiger partial charge in [0.2, 0.25) is 18.6 Å². The summed E-state index contributed by atoms with van der Waals surface area (Å²) in [7, 11) is 0. The van der Waals surface area contributed by atoms with Crippen molar-refractivity contribution < 1.29 is 23.9 Å². The lowest BCUT2D eigenvalue weighted by atomic mass is 10.1. The maximum Gasteiger partial charge on any atom is 0.256 e. The van der Waals surface area contributed by atoms with E-state index in [1.54, 1.807) is 24.3 Å². The Hall–Kier alpha value is -4.16. The number of nitrogens with one attached hydrogen (secondary N) is 1. The molecular weight excluding hydrogens is 454 g/mol. The van der Waals surface area contributed by atoms with Gasteiger partial charge in [0.05, 0.1) is 11.3 Å². The molecule has 2 aliphatic rings. The van der Waals surface area contributed by atoms with Crippen molar-refractivity contribution in [3.63, 3.8) is 0 Å². The Bertz CT molecular complexity index is 1350. The zero-order valence-corrected chi connectivity index (χ0v) is 19.0. The predicted octanol–water partition coefficient (Wildman–Crippen LogP) is 4.15. The Balaban J connectivity index is 1.34. The van der Waals surface area contributed by atoms with Crippen LogP contribution in [0.4, 0.5) is 10.7 Å². The van der Waals surface area contributed by atoms with Crippen molar-refractivity contribution in [2.24, 2.45) is 0 Å². The topological polar surface area (TPSA) is 109 Å². The fourth-order valence-corrected chi connectivity index (χ4v) is 5.17. The van der Waals surface area contributed by atoms with Crippen LogP contribution >= 0.6 is 11.3 Å². The third kappa shape index (κ3) is 3.89. The molecule has 0 unspecified atom stereocenters. The second-order valence-electron chi connectivity index (χ2n) is 7.95. The number of nitriles is 1. The summed E-state index contributed by atoms with van der Waals surface area (Å²) in [5.41, 5.74) is 3.06. The Labute approximate surface area is 199 Å². The van der Waals surface area contributed by atoms with Gasteiger partial charge >= 0.3 is 0 Å². The number of rotatable bonds is 5. The number of thiophene rings is 1. The first kappa shape index (κ1) is 21.7. The summed E-state index contributed by atoms with van der Waals surface area (Å²) in [6, 6.07) is 14.2. The largest absolute Gasteiger partial charge is 0.454 e. The van der Waals surface area contributed by atoms with Gasteiger partial charge in [0, 0.05) is 29.7 Å². The van der Waals surface area contributed by atoms with Crippen LogP contribution in [0.15, 0.2) is 42.5 Å². The van der Waals surface area contributed by atoms with Crippen LogP contribution in [0.3, 0.4) is 0 Å². The van der Waals surface area contributed by atoms with Crippen LogP contribution in [0.2, 0.25) is 0 Å². The van der Waals surface area contributed by atoms with Gasteiger partial charge < -0.3 is 14.8 Å². The molecule has 0 bridgehead atoms. The first-order chi connectivity index (χ1) is 16.4. The number of benzene rings is 2. The quantitative estimate of drug-likeness (QED) is 0.558. The van der Waals surface area contributed by atoms with Crippen LogP contribution in [0.25, 0.3) is 0 Å². The molecule has 170 valence electrons. The summed E-state index contributed by atoms with van der Waals surface area (Å²) in [6.07, 6.45) is 0.985. The second-order valence-corrected chi connectivity index (χ2v) is 9.06. The minimum Gasteiger partial charge on any atom is -0.454 e. The molecule has 0 saturated carbocycles. The van der Waals surface area contributed by atoms with Gasteiger partial charge in [-0.25, -0.2) is 0 Å². The molecular formula is C25H19N3O5S. The fourth-order valence-electron chi connectivity index (χ4n) is 3.99. The van der Waals surface area contributed by atoms with E-state index in [2.05, 4.69) is 11.4 Å². The Morgan fingerprint density at radius 1 is 1.09 bits per heavy atom. The van der Waals surface area contributed by atoms with Gasteiger partial charge in [-0.1, -0.05) is 6.07 Å². The molecule has 3 amide bonds. The van der Waals surface area contributed by atoms with E-state index in [0.717, 1.165) is 20.9 Å². The average molecular weight is 474 g/mol. The fraction of sp³-hybridized carbons (Fsp3) is 0.200. The molecule has 5 rings (SSSR count). The highest BCUT2D eigenvalue weighted by Gasteiger charge is 2.30. The van der Waals surface area contributed by atoms with Crippen molar-refractivity contribution in [2.75, 3.05) is 17.0 Å². The molecule has 3 heterocycles. The van der Waals surface area contributed by atoms with E-state index in [4.69, 9.17) is 9.47 Å². The second kappa shape index (κ2) is 8.65. The molecule has 1 saturated heterocycles. The summed E-state index contributed by atoms with van der Waals surface area (Å²) in [5.74, 6) is 0.538. The van der Waals surface area contributed by atoms with E-state index in [-0.39, 0.29) is 37.4 Å². The van der Waals surface area contributed by atoms with Gasteiger partial charge in [-0.3, -0.25) is 19.3 Å². The summed E-state index contributed by atoms with van der Waals surface area (Å²) in [5, 5.41) is 13.0. The van der Waals surface area contributed by atoms with Gasteiger partial charge in [0.15, 0.2) is 11.5 Å². The van der Waals surface area contributed by atoms with Crippen LogP contribution < -0.4 is 19.7 Å². The van der Waals surface area contributed by atoms with Gasteiger partial charge in [-0.15, -0.1) is 11.3 Å². The number of fused-ring (bicyclic) bond motifs is 1. The SMILES string of the molecule is Cc1c(Cc2ccc3c(c2)OCO3)sc(NC(=O)c2ccc(N3C(=O)CCC3=O)cc2)c1C#N. The zero-order chi connectivity index (χ0) is 23.8. The number of carbonyl (C=O) groups is 3. The Morgan fingerprint density at radius 3 is 2.50 bits per heavy atom. The van der Waals surface area contributed by atoms with Crippen LogP contribution in [0.1, 0.15) is 44.8 Å². The third-order valence-corrected chi connectivity index (χ3v) is 7.03. The first-order valence-corrected chi connectivity index (χ1v) is 11.4. The van der Waals surface area contributed by atoms with Gasteiger partial charge in [0.1, 0.15) is 11.1 Å². The summed E-state index contributed by atoms with van der Waals surface area (Å²) in [4.78, 5) is 38.8. The highest BCUT2D eigenvalue weighted by Crippen LogP contribution is 2.37. The number of anilines is 2. The smallest absolute Gasteiger partial charge is 0.256 e. The van der Waals surface area contributed by atoms with E-state index >= 15 is 0 Å². The van der Waals surface area contributed by atoms with E-state index < -0.39 is 0 Å². The van der Waals surface area contributed by atoms with Gasteiger partial charge in [-0.2, -0.15) is 5.26 Å². The standard InChI is InChI=1S/C25H19N3O5S/c1-14-18(12-26)25(34-21(14)11-15-2-7-19-20(10-15)33-13-32-19)27-24(31)16-3-5-17(6-4-16)28-22(29)8-9-23(28)30/h2-7,10H,8-9,11,13H2,1H3,(H,27,31). The van der Waals surface area contributed by atoms with Crippen LogP contribution in [0, 0.1) is 18.3 Å². The normalized spacial score (nSPS) is 14.4. The molecule has 34 heavy (non-hydrogen) atoms. The molecule has 0 aliphatic carbocycles. The van der Waals surface area contributed by atoms with Crippen LogP contribution in [-0.4, -0.2) is 24.5 Å². The maximum absolute atomic E-state index is 12.9. The molecule has 8 nitrogen and oxygen atoms in total. The lowest BCUT2D eigenvalue weighted by Gasteiger charge is -2.14. The number of hydrogen-bond acceptors (Lipinski definition) is 7. The van der Waals surface area contributed by atoms with Crippen molar-refractivity contribution in [2.45, 2.75) is 26.2 Å². The lowest BCUT2D eigenvalue weighted by Crippen LogP contribution is -2.28. The highest BCUT2D eigenvalue weighted by molar-refractivity contribution is 7.16. The van der Waals surface area contributed by atoms with E-state index in [0.29, 0.717) is 39.7 Å². The monoisotopic (exact) mass is 473 g/mol. The summed E-state index contributed by atoms with van der Waals surface area (Å²) < 4.78 is 10.8. The number of nitrogens with zero attached hydrogens (tertiary/aromatic N) is 2. The number of amides is 3. The zero-order valence-electron chi connectivity index (χ0n) is 18.2. The van der Waals surface area contributed by atoms with Crippen molar-refractivity contribution in [3.8, 4) is 17.6 Å². The first-order valence-electron chi connectivity index (χ1n) is 10.6. The summed E-state index contributed by atoms with van der Waals surface area (Å²) >= 11 is 1.36. The van der Waals surface area contributed by atoms with Crippen molar-refractivity contribution in [3.05, 3.63) is 69.6 Å². The molecule has 9 heteroatoms. The third-order valence-electron chi connectivity index (χ3n) is 5.83. The molecule has 1 aromatic heterocycles. The van der Waals surface area contributed by atoms with E-state index in [1.165, 1.54) is 11.3 Å². The predicted molar refractivity (Wildman–Crippen MR) is 125 cm³/mol.